The molecule has 3 aromatic carbocycles. The number of hydrogen-bond donors (Lipinski definition) is 2. The van der Waals surface area contributed by atoms with Crippen molar-refractivity contribution in [1.82, 2.24) is 0 Å². The summed E-state index contributed by atoms with van der Waals surface area (Å²) in [5, 5.41) is 2.92. The van der Waals surface area contributed by atoms with Gasteiger partial charge in [0.05, 0.1) is 29.6 Å². The van der Waals surface area contributed by atoms with E-state index >= 15 is 0 Å². The molecule has 9 heteroatoms. The number of nitrogens with one attached hydrogen (secondary N) is 1. The van der Waals surface area contributed by atoms with Crippen LogP contribution in [0.2, 0.25) is 5.02 Å². The first-order chi connectivity index (χ1) is 15.8. The Balaban J connectivity index is 1.52. The van der Waals surface area contributed by atoms with E-state index in [1.165, 1.54) is 31.4 Å². The molecule has 0 heterocycles. The van der Waals surface area contributed by atoms with Crippen LogP contribution in [0.3, 0.4) is 0 Å². The summed E-state index contributed by atoms with van der Waals surface area (Å²) >= 11 is 5.94. The summed E-state index contributed by atoms with van der Waals surface area (Å²) in [4.78, 5) is 50.5. The largest absolute Gasteiger partial charge is 0.495 e. The number of anilines is 2. The SMILES string of the molecule is COc1ccc(Cl)cc1NC(=O)COC(=O)c1ccc2c(c1N)C(=O)c1ccccc1C2=O. The highest BCUT2D eigenvalue weighted by molar-refractivity contribution is 6.31. The van der Waals surface area contributed by atoms with Crippen molar-refractivity contribution in [1.29, 1.82) is 0 Å². The highest BCUT2D eigenvalue weighted by Gasteiger charge is 2.33. The number of ether oxygens (including phenoxy) is 2. The minimum absolute atomic E-state index is 0.0544. The van der Waals surface area contributed by atoms with Gasteiger partial charge in [-0.1, -0.05) is 35.9 Å². The van der Waals surface area contributed by atoms with Gasteiger partial charge in [0, 0.05) is 21.7 Å². The van der Waals surface area contributed by atoms with E-state index in [0.29, 0.717) is 16.5 Å². The van der Waals surface area contributed by atoms with E-state index in [0.717, 1.165) is 0 Å². The summed E-state index contributed by atoms with van der Waals surface area (Å²) in [6.45, 7) is -0.624. The highest BCUT2D eigenvalue weighted by atomic mass is 35.5. The quantitative estimate of drug-likeness (QED) is 0.342. The Morgan fingerprint density at radius 1 is 0.970 bits per heavy atom. The monoisotopic (exact) mass is 464 g/mol. The minimum Gasteiger partial charge on any atom is -0.495 e. The fraction of sp³-hybridized carbons (Fsp3) is 0.0833. The number of nitrogens with two attached hydrogens (primary N) is 1. The average Bonchev–Trinajstić information content (AvgIpc) is 2.81. The van der Waals surface area contributed by atoms with E-state index < -0.39 is 24.3 Å². The lowest BCUT2D eigenvalue weighted by molar-refractivity contribution is -0.119. The van der Waals surface area contributed by atoms with Gasteiger partial charge in [0.1, 0.15) is 5.75 Å². The smallest absolute Gasteiger partial charge is 0.340 e. The molecule has 3 aromatic rings. The molecule has 0 saturated heterocycles. The van der Waals surface area contributed by atoms with Gasteiger partial charge in [-0.25, -0.2) is 4.79 Å². The number of ketones is 2. The molecule has 33 heavy (non-hydrogen) atoms. The van der Waals surface area contributed by atoms with Crippen LogP contribution in [0.25, 0.3) is 0 Å². The first-order valence-electron chi connectivity index (χ1n) is 9.73. The molecule has 8 nitrogen and oxygen atoms in total. The molecule has 0 bridgehead atoms. The number of halogens is 1. The summed E-state index contributed by atoms with van der Waals surface area (Å²) in [5.41, 5.74) is 6.64. The third kappa shape index (κ3) is 4.04. The Morgan fingerprint density at radius 2 is 1.67 bits per heavy atom. The molecule has 166 valence electrons. The van der Waals surface area contributed by atoms with Crippen LogP contribution in [0, 0.1) is 0 Å². The maximum absolute atomic E-state index is 12.9. The third-order valence-electron chi connectivity index (χ3n) is 5.12. The van der Waals surface area contributed by atoms with Gasteiger partial charge in [-0.3, -0.25) is 14.4 Å². The number of methoxy groups -OCH3 is 1. The molecule has 3 N–H and O–H groups in total. The van der Waals surface area contributed by atoms with Crippen molar-refractivity contribution < 1.29 is 28.7 Å². The number of esters is 1. The van der Waals surface area contributed by atoms with Gasteiger partial charge in [-0.2, -0.15) is 0 Å². The summed E-state index contributed by atoms with van der Waals surface area (Å²) in [6, 6.07) is 13.7. The number of nitrogen functional groups attached to an aromatic ring is 1. The Hall–Kier alpha value is -4.17. The van der Waals surface area contributed by atoms with Crippen molar-refractivity contribution in [3.8, 4) is 5.75 Å². The number of carbonyl (C=O) groups is 4. The van der Waals surface area contributed by atoms with Crippen LogP contribution in [-0.2, 0) is 9.53 Å². The summed E-state index contributed by atoms with van der Waals surface area (Å²) < 4.78 is 10.2. The van der Waals surface area contributed by atoms with Gasteiger partial charge in [-0.05, 0) is 30.3 Å². The van der Waals surface area contributed by atoms with Crippen LogP contribution in [0.15, 0.2) is 54.6 Å². The predicted molar refractivity (Wildman–Crippen MR) is 121 cm³/mol. The maximum atomic E-state index is 12.9. The molecular weight excluding hydrogens is 448 g/mol. The molecule has 1 aliphatic rings. The molecule has 0 atom stereocenters. The maximum Gasteiger partial charge on any atom is 0.340 e. The Morgan fingerprint density at radius 3 is 2.36 bits per heavy atom. The van der Waals surface area contributed by atoms with Crippen molar-refractivity contribution in [2.75, 3.05) is 24.8 Å². The molecule has 0 fully saturated rings. The fourth-order valence-electron chi connectivity index (χ4n) is 3.56. The van der Waals surface area contributed by atoms with E-state index in [9.17, 15) is 19.2 Å². The topological polar surface area (TPSA) is 125 Å². The van der Waals surface area contributed by atoms with Gasteiger partial charge in [0.2, 0.25) is 0 Å². The van der Waals surface area contributed by atoms with E-state index in [4.69, 9.17) is 26.8 Å². The molecule has 0 radical (unpaired) electrons. The molecule has 0 unspecified atom stereocenters. The lowest BCUT2D eigenvalue weighted by Crippen LogP contribution is -2.25. The molecule has 0 aromatic heterocycles. The van der Waals surface area contributed by atoms with Crippen molar-refractivity contribution in [3.05, 3.63) is 87.4 Å². The number of benzene rings is 3. The normalized spacial score (nSPS) is 11.9. The minimum atomic E-state index is -0.914. The number of rotatable bonds is 5. The van der Waals surface area contributed by atoms with Crippen molar-refractivity contribution in [2.45, 2.75) is 0 Å². The standard InChI is InChI=1S/C24H17ClN2O6/c1-32-18-9-6-12(25)10-17(18)27-19(28)11-33-24(31)16-8-7-15-20(21(16)26)23(30)14-5-3-2-4-13(14)22(15)29/h2-10H,11,26H2,1H3,(H,27,28). The summed E-state index contributed by atoms with van der Waals surface area (Å²) in [5.74, 6) is -2.00. The zero-order valence-corrected chi connectivity index (χ0v) is 18.1. The fourth-order valence-corrected chi connectivity index (χ4v) is 3.74. The predicted octanol–water partition coefficient (Wildman–Crippen LogP) is 3.50. The second kappa shape index (κ2) is 8.76. The first-order valence-corrected chi connectivity index (χ1v) is 10.1. The van der Waals surface area contributed by atoms with E-state index in [-0.39, 0.29) is 39.3 Å². The Kier molecular flexibility index (Phi) is 5.85. The van der Waals surface area contributed by atoms with Gasteiger partial charge in [0.15, 0.2) is 18.2 Å². The van der Waals surface area contributed by atoms with Crippen molar-refractivity contribution in [3.63, 3.8) is 0 Å². The van der Waals surface area contributed by atoms with Gasteiger partial charge in [0.25, 0.3) is 5.91 Å². The second-order valence-electron chi connectivity index (χ2n) is 7.12. The van der Waals surface area contributed by atoms with Gasteiger partial charge in [-0.15, -0.1) is 0 Å². The molecule has 0 spiro atoms. The Labute approximate surface area is 193 Å². The van der Waals surface area contributed by atoms with Crippen LogP contribution in [-0.4, -0.2) is 37.2 Å². The molecule has 0 aliphatic heterocycles. The average molecular weight is 465 g/mol. The van der Waals surface area contributed by atoms with Crippen LogP contribution < -0.4 is 15.8 Å². The molecule has 1 aliphatic carbocycles. The van der Waals surface area contributed by atoms with Crippen molar-refractivity contribution in [2.24, 2.45) is 0 Å². The lowest BCUT2D eigenvalue weighted by Gasteiger charge is -2.20. The van der Waals surface area contributed by atoms with Crippen LogP contribution in [0.5, 0.6) is 5.75 Å². The summed E-state index contributed by atoms with van der Waals surface area (Å²) in [7, 11) is 1.43. The third-order valence-corrected chi connectivity index (χ3v) is 5.36. The van der Waals surface area contributed by atoms with E-state index in [2.05, 4.69) is 5.32 Å². The number of hydrogen-bond acceptors (Lipinski definition) is 7. The second-order valence-corrected chi connectivity index (χ2v) is 7.56. The molecular formula is C24H17ClN2O6. The molecule has 1 amide bonds. The van der Waals surface area contributed by atoms with E-state index in [1.54, 1.807) is 30.3 Å². The zero-order chi connectivity index (χ0) is 23.7. The van der Waals surface area contributed by atoms with Gasteiger partial charge < -0.3 is 20.5 Å². The zero-order valence-electron chi connectivity index (χ0n) is 17.3. The van der Waals surface area contributed by atoms with E-state index in [1.807, 2.05) is 0 Å². The summed E-state index contributed by atoms with van der Waals surface area (Å²) in [6.07, 6.45) is 0. The highest BCUT2D eigenvalue weighted by Crippen LogP contribution is 2.33. The number of fused-ring (bicyclic) bond motifs is 2. The van der Waals surface area contributed by atoms with Crippen LogP contribution in [0.1, 0.15) is 42.2 Å². The number of amides is 1. The van der Waals surface area contributed by atoms with Crippen LogP contribution >= 0.6 is 11.6 Å². The van der Waals surface area contributed by atoms with Gasteiger partial charge >= 0.3 is 5.97 Å². The lowest BCUT2D eigenvalue weighted by atomic mass is 9.82. The molecule has 0 saturated carbocycles. The molecule has 4 rings (SSSR count). The van der Waals surface area contributed by atoms with Crippen molar-refractivity contribution >= 4 is 46.4 Å². The van der Waals surface area contributed by atoms with Crippen LogP contribution in [0.4, 0.5) is 11.4 Å². The first kappa shape index (κ1) is 22.0. The number of carbonyl (C=O) groups excluding carboxylic acids is 4. The Bertz CT molecular complexity index is 1330.